The molecule has 0 saturated heterocycles. The minimum absolute atomic E-state index is 1.13. The van der Waals surface area contributed by atoms with Crippen molar-refractivity contribution < 1.29 is 0 Å². The third-order valence-electron chi connectivity index (χ3n) is 2.46. The summed E-state index contributed by atoms with van der Waals surface area (Å²) in [5, 5.41) is 0. The highest BCUT2D eigenvalue weighted by Crippen LogP contribution is 2.20. The van der Waals surface area contributed by atoms with E-state index in [0.717, 1.165) is 0 Å². The molecule has 98 valence electrons. The summed E-state index contributed by atoms with van der Waals surface area (Å²) in [5.74, 6) is 0. The van der Waals surface area contributed by atoms with Crippen molar-refractivity contribution in [3.8, 4) is 0 Å². The van der Waals surface area contributed by atoms with E-state index in [0.29, 0.717) is 0 Å². The van der Waals surface area contributed by atoms with E-state index in [1.165, 1.54) is 11.1 Å². The molecule has 0 aliphatic carbocycles. The van der Waals surface area contributed by atoms with Crippen LogP contribution in [0.15, 0.2) is 47.8 Å². The fraction of sp³-hybridized carbons (Fsp3) is 0.375. The molecule has 0 aromatic heterocycles. The molecule has 0 fully saturated rings. The van der Waals surface area contributed by atoms with Crippen LogP contribution in [-0.2, 0) is 0 Å². The lowest BCUT2D eigenvalue weighted by Crippen LogP contribution is -2.17. The second-order valence-electron chi connectivity index (χ2n) is 7.03. The maximum absolute atomic E-state index is 2.50. The molecule has 0 radical (unpaired) electrons. The van der Waals surface area contributed by atoms with E-state index < -0.39 is 16.1 Å². The molecular weight excluding hydrogens is 248 g/mol. The lowest BCUT2D eigenvalue weighted by Gasteiger charge is -2.14. The van der Waals surface area contributed by atoms with Crippen LogP contribution < -0.4 is 0 Å². The Balaban J connectivity index is 3.13. The van der Waals surface area contributed by atoms with Crippen molar-refractivity contribution in [2.45, 2.75) is 39.3 Å². The normalized spacial score (nSPS) is 14.2. The third-order valence-corrected chi connectivity index (χ3v) is 4.80. The van der Waals surface area contributed by atoms with Gasteiger partial charge in [0.1, 0.15) is 0 Å². The van der Waals surface area contributed by atoms with Crippen LogP contribution in [0.3, 0.4) is 0 Å². The number of benzene rings is 1. The summed E-state index contributed by atoms with van der Waals surface area (Å²) in [4.78, 5) is 0. The molecule has 0 unspecified atom stereocenters. The van der Waals surface area contributed by atoms with Crippen molar-refractivity contribution in [2.75, 3.05) is 0 Å². The SMILES string of the molecule is C[Si](C)(C)/C=C/C(=C\[Si](C)(C)C)c1ccccc1. The fourth-order valence-electron chi connectivity index (χ4n) is 1.66. The third kappa shape index (κ3) is 6.17. The van der Waals surface area contributed by atoms with Crippen molar-refractivity contribution in [1.82, 2.24) is 0 Å². The molecular formula is C16H26Si2. The molecule has 0 amide bonds. The Labute approximate surface area is 114 Å². The summed E-state index contributed by atoms with van der Waals surface area (Å²) < 4.78 is 0. The zero-order valence-electron chi connectivity index (χ0n) is 12.6. The largest absolute Gasteiger partial charge is 0.0944 e. The predicted octanol–water partition coefficient (Wildman–Crippen LogP) is 5.38. The Kier molecular flexibility index (Phi) is 4.94. The second-order valence-corrected chi connectivity index (χ2v) is 17.1. The maximum Gasteiger partial charge on any atom is 0.0695 e. The summed E-state index contributed by atoms with van der Waals surface area (Å²) in [6.07, 6.45) is 2.35. The Morgan fingerprint density at radius 3 is 1.83 bits per heavy atom. The first-order chi connectivity index (χ1) is 8.17. The van der Waals surface area contributed by atoms with Crippen LogP contribution in [-0.4, -0.2) is 16.1 Å². The van der Waals surface area contributed by atoms with E-state index in [1.807, 2.05) is 0 Å². The van der Waals surface area contributed by atoms with Crippen molar-refractivity contribution in [3.05, 3.63) is 53.4 Å². The molecule has 18 heavy (non-hydrogen) atoms. The van der Waals surface area contributed by atoms with Crippen LogP contribution in [0.4, 0.5) is 0 Å². The lowest BCUT2D eigenvalue weighted by atomic mass is 10.1. The summed E-state index contributed by atoms with van der Waals surface area (Å²) in [6.45, 7) is 14.3. The molecule has 1 aromatic carbocycles. The topological polar surface area (TPSA) is 0 Å². The van der Waals surface area contributed by atoms with Gasteiger partial charge in [-0.05, 0) is 11.1 Å². The van der Waals surface area contributed by atoms with E-state index in [4.69, 9.17) is 0 Å². The standard InChI is InChI=1S/C16H26Si2/c1-17(2,3)13-12-16(14-18(4,5)6)15-10-8-7-9-11-15/h7-14H,1-6H3/b13-12+,16-14+. The van der Waals surface area contributed by atoms with Gasteiger partial charge in [-0.25, -0.2) is 0 Å². The molecule has 0 atom stereocenters. The zero-order valence-corrected chi connectivity index (χ0v) is 14.6. The summed E-state index contributed by atoms with van der Waals surface area (Å²) >= 11 is 0. The molecule has 0 aliphatic heterocycles. The van der Waals surface area contributed by atoms with Gasteiger partial charge >= 0.3 is 0 Å². The molecule has 0 heterocycles. The molecule has 0 nitrogen and oxygen atoms in total. The van der Waals surface area contributed by atoms with Gasteiger partial charge in [-0.3, -0.25) is 0 Å². The average molecular weight is 275 g/mol. The lowest BCUT2D eigenvalue weighted by molar-refractivity contribution is 1.61. The van der Waals surface area contributed by atoms with E-state index in [9.17, 15) is 0 Å². The van der Waals surface area contributed by atoms with Crippen LogP contribution in [0.2, 0.25) is 39.3 Å². The Morgan fingerprint density at radius 1 is 0.833 bits per heavy atom. The van der Waals surface area contributed by atoms with Gasteiger partial charge in [0, 0.05) is 0 Å². The van der Waals surface area contributed by atoms with Gasteiger partial charge < -0.3 is 0 Å². The van der Waals surface area contributed by atoms with Crippen LogP contribution >= 0.6 is 0 Å². The van der Waals surface area contributed by atoms with E-state index in [1.54, 1.807) is 0 Å². The highest BCUT2D eigenvalue weighted by atomic mass is 28.3. The van der Waals surface area contributed by atoms with E-state index in [-0.39, 0.29) is 0 Å². The van der Waals surface area contributed by atoms with Gasteiger partial charge in [-0.15, -0.1) is 0 Å². The first-order valence-corrected chi connectivity index (χ1v) is 13.8. The first-order valence-electron chi connectivity index (χ1n) is 6.65. The predicted molar refractivity (Wildman–Crippen MR) is 90.3 cm³/mol. The zero-order chi connectivity index (χ0) is 13.8. The van der Waals surface area contributed by atoms with Crippen LogP contribution in [0, 0.1) is 0 Å². The Hall–Kier alpha value is -0.866. The van der Waals surface area contributed by atoms with Gasteiger partial charge in [0.15, 0.2) is 0 Å². The van der Waals surface area contributed by atoms with E-state index in [2.05, 4.69) is 87.1 Å². The molecule has 0 aliphatic rings. The van der Waals surface area contributed by atoms with Gasteiger partial charge in [-0.2, -0.15) is 0 Å². The van der Waals surface area contributed by atoms with Crippen molar-refractivity contribution >= 4 is 21.7 Å². The Morgan fingerprint density at radius 2 is 1.39 bits per heavy atom. The molecule has 0 bridgehead atoms. The molecule has 0 spiro atoms. The summed E-state index contributed by atoms with van der Waals surface area (Å²) in [7, 11) is -2.33. The fourth-order valence-corrected chi connectivity index (χ4v) is 3.54. The highest BCUT2D eigenvalue weighted by Gasteiger charge is 2.12. The molecule has 2 heteroatoms. The Bertz CT molecular complexity index is 428. The molecule has 0 saturated carbocycles. The van der Waals surface area contributed by atoms with Crippen LogP contribution in [0.5, 0.6) is 0 Å². The number of rotatable bonds is 4. The van der Waals surface area contributed by atoms with Crippen LogP contribution in [0.1, 0.15) is 5.56 Å². The summed E-state index contributed by atoms with van der Waals surface area (Å²) in [6, 6.07) is 10.7. The second kappa shape index (κ2) is 5.85. The number of allylic oxidation sites excluding steroid dienone is 2. The van der Waals surface area contributed by atoms with Gasteiger partial charge in [0.25, 0.3) is 0 Å². The molecule has 1 rings (SSSR count). The van der Waals surface area contributed by atoms with Gasteiger partial charge in [0.2, 0.25) is 0 Å². The number of hydrogen-bond acceptors (Lipinski definition) is 0. The van der Waals surface area contributed by atoms with Crippen molar-refractivity contribution in [2.24, 2.45) is 0 Å². The summed E-state index contributed by atoms with van der Waals surface area (Å²) in [5.41, 5.74) is 7.68. The van der Waals surface area contributed by atoms with Crippen LogP contribution in [0.25, 0.3) is 5.57 Å². The average Bonchev–Trinajstić information content (AvgIpc) is 2.23. The van der Waals surface area contributed by atoms with Crippen molar-refractivity contribution in [1.29, 1.82) is 0 Å². The molecule has 1 aromatic rings. The first kappa shape index (κ1) is 15.2. The van der Waals surface area contributed by atoms with Crippen molar-refractivity contribution in [3.63, 3.8) is 0 Å². The van der Waals surface area contributed by atoms with Gasteiger partial charge in [-0.1, -0.05) is 87.1 Å². The minimum Gasteiger partial charge on any atom is -0.0944 e. The minimum atomic E-state index is -1.20. The molecule has 0 N–H and O–H groups in total. The smallest absolute Gasteiger partial charge is 0.0695 e. The van der Waals surface area contributed by atoms with E-state index >= 15 is 0 Å². The highest BCUT2D eigenvalue weighted by molar-refractivity contribution is 6.82. The van der Waals surface area contributed by atoms with Gasteiger partial charge in [0.05, 0.1) is 16.1 Å². The quantitative estimate of drug-likeness (QED) is 0.511. The number of hydrogen-bond donors (Lipinski definition) is 0. The maximum atomic E-state index is 2.50. The monoisotopic (exact) mass is 274 g/mol.